The van der Waals surface area contributed by atoms with Gasteiger partial charge >= 0.3 is 4.87 Å². The zero-order valence-corrected chi connectivity index (χ0v) is 7.52. The lowest BCUT2D eigenvalue weighted by molar-refractivity contribution is 0.167. The average Bonchev–Trinajstić information content (AvgIpc) is 2.32. The van der Waals surface area contributed by atoms with Crippen molar-refractivity contribution in [2.24, 2.45) is 7.05 Å². The first-order valence-corrected chi connectivity index (χ1v) is 4.59. The van der Waals surface area contributed by atoms with E-state index in [1.54, 1.807) is 11.6 Å². The highest BCUT2D eigenvalue weighted by atomic mass is 32.1. The van der Waals surface area contributed by atoms with E-state index in [9.17, 15) is 9.90 Å². The number of fused-ring (bicyclic) bond motifs is 1. The van der Waals surface area contributed by atoms with Crippen LogP contribution in [0.2, 0.25) is 0 Å². The van der Waals surface area contributed by atoms with Crippen molar-refractivity contribution >= 4 is 11.3 Å². The normalized spacial score (nSPS) is 22.3. The lowest BCUT2D eigenvalue weighted by atomic mass is 10.2. The van der Waals surface area contributed by atoms with E-state index in [1.165, 1.54) is 0 Å². The summed E-state index contributed by atoms with van der Waals surface area (Å²) in [6, 6.07) is 0. The zero-order chi connectivity index (χ0) is 8.72. The molecule has 2 rings (SSSR count). The number of aromatic nitrogens is 1. The monoisotopic (exact) mass is 186 g/mol. The second kappa shape index (κ2) is 2.69. The summed E-state index contributed by atoms with van der Waals surface area (Å²) in [6.07, 6.45) is -0.507. The van der Waals surface area contributed by atoms with Crippen molar-refractivity contribution in [2.45, 2.75) is 12.6 Å². The van der Waals surface area contributed by atoms with Crippen LogP contribution in [0.5, 0.6) is 0 Å². The maximum atomic E-state index is 11.2. The number of rotatable bonds is 0. The van der Waals surface area contributed by atoms with E-state index >= 15 is 0 Å². The lowest BCUT2D eigenvalue weighted by Gasteiger charge is -2.18. The summed E-state index contributed by atoms with van der Waals surface area (Å²) in [6.45, 7) is 1.23. The molecule has 1 aliphatic rings. The van der Waals surface area contributed by atoms with Gasteiger partial charge in [-0.05, 0) is 0 Å². The Labute approximate surface area is 73.5 Å². The first kappa shape index (κ1) is 7.97. The summed E-state index contributed by atoms with van der Waals surface area (Å²) in [7, 11) is 1.73. The van der Waals surface area contributed by atoms with Crippen LogP contribution >= 0.6 is 11.3 Å². The molecule has 5 heteroatoms. The average molecular weight is 186 g/mol. The zero-order valence-electron chi connectivity index (χ0n) is 6.70. The summed E-state index contributed by atoms with van der Waals surface area (Å²) < 4.78 is 1.59. The maximum absolute atomic E-state index is 11.2. The summed E-state index contributed by atoms with van der Waals surface area (Å²) in [5, 5.41) is 12.5. The van der Waals surface area contributed by atoms with Crippen molar-refractivity contribution in [3.63, 3.8) is 0 Å². The number of aliphatic hydroxyl groups is 1. The molecule has 0 aliphatic carbocycles. The summed E-state index contributed by atoms with van der Waals surface area (Å²) in [5.74, 6) is 0. The predicted molar refractivity (Wildman–Crippen MR) is 46.2 cm³/mol. The molecule has 0 saturated heterocycles. The number of aliphatic hydroxyl groups excluding tert-OH is 1. The third-order valence-electron chi connectivity index (χ3n) is 2.09. The van der Waals surface area contributed by atoms with Crippen LogP contribution in [0, 0.1) is 0 Å². The lowest BCUT2D eigenvalue weighted by Crippen LogP contribution is -2.28. The van der Waals surface area contributed by atoms with Crippen molar-refractivity contribution in [2.75, 3.05) is 6.54 Å². The van der Waals surface area contributed by atoms with E-state index in [4.69, 9.17) is 0 Å². The Morgan fingerprint density at radius 1 is 1.75 bits per heavy atom. The molecule has 1 unspecified atom stereocenters. The molecule has 1 aliphatic heterocycles. The van der Waals surface area contributed by atoms with Crippen molar-refractivity contribution in [1.82, 2.24) is 9.88 Å². The molecule has 1 aromatic heterocycles. The van der Waals surface area contributed by atoms with Gasteiger partial charge in [0, 0.05) is 20.1 Å². The van der Waals surface area contributed by atoms with Crippen LogP contribution in [-0.4, -0.2) is 16.2 Å². The minimum absolute atomic E-state index is 0.00255. The molecule has 1 atom stereocenters. The molecule has 0 bridgehead atoms. The van der Waals surface area contributed by atoms with Gasteiger partial charge in [0.15, 0.2) is 0 Å². The summed E-state index contributed by atoms with van der Waals surface area (Å²) in [4.78, 5) is 12.0. The summed E-state index contributed by atoms with van der Waals surface area (Å²) in [5.41, 5.74) is 0.920. The second-order valence-electron chi connectivity index (χ2n) is 2.88. The van der Waals surface area contributed by atoms with Gasteiger partial charge in [0.2, 0.25) is 0 Å². The molecular weight excluding hydrogens is 176 g/mol. The smallest absolute Gasteiger partial charge is 0.307 e. The third kappa shape index (κ3) is 1.01. The molecule has 1 aromatic rings. The highest BCUT2D eigenvalue weighted by molar-refractivity contribution is 7.09. The van der Waals surface area contributed by atoms with Crippen LogP contribution in [0.3, 0.4) is 0 Å². The number of β-amino-alcohol motifs (C(OH)–C–C–N with tert-alkyl or cyclic N) is 1. The van der Waals surface area contributed by atoms with E-state index < -0.39 is 6.10 Å². The van der Waals surface area contributed by atoms with E-state index in [0.717, 1.165) is 21.9 Å². The largest absolute Gasteiger partial charge is 0.386 e. The van der Waals surface area contributed by atoms with Crippen molar-refractivity contribution in [1.29, 1.82) is 0 Å². The molecule has 2 heterocycles. The Bertz CT molecular complexity index is 355. The molecule has 0 aromatic carbocycles. The van der Waals surface area contributed by atoms with Crippen LogP contribution in [0.15, 0.2) is 4.79 Å². The number of hydrogen-bond donors (Lipinski definition) is 2. The van der Waals surface area contributed by atoms with Gasteiger partial charge in [0.1, 0.15) is 6.10 Å². The molecule has 66 valence electrons. The number of nitrogens with zero attached hydrogens (tertiary/aromatic N) is 1. The maximum Gasteiger partial charge on any atom is 0.307 e. The van der Waals surface area contributed by atoms with E-state index in [2.05, 4.69) is 5.32 Å². The van der Waals surface area contributed by atoms with Gasteiger partial charge in [-0.1, -0.05) is 11.3 Å². The first-order chi connectivity index (χ1) is 5.70. The molecule has 4 nitrogen and oxygen atoms in total. The van der Waals surface area contributed by atoms with E-state index in [-0.39, 0.29) is 4.87 Å². The van der Waals surface area contributed by atoms with Gasteiger partial charge in [-0.2, -0.15) is 0 Å². The van der Waals surface area contributed by atoms with E-state index in [0.29, 0.717) is 13.1 Å². The molecule has 12 heavy (non-hydrogen) atoms. The Morgan fingerprint density at radius 3 is 3.17 bits per heavy atom. The van der Waals surface area contributed by atoms with Gasteiger partial charge in [-0.3, -0.25) is 4.79 Å². The molecule has 0 amide bonds. The van der Waals surface area contributed by atoms with Crippen LogP contribution in [0.25, 0.3) is 0 Å². The van der Waals surface area contributed by atoms with Gasteiger partial charge in [0.25, 0.3) is 0 Å². The number of hydrogen-bond acceptors (Lipinski definition) is 4. The van der Waals surface area contributed by atoms with E-state index in [1.807, 2.05) is 0 Å². The highest BCUT2D eigenvalue weighted by Crippen LogP contribution is 2.23. The number of nitrogens with one attached hydrogen (secondary N) is 1. The summed E-state index contributed by atoms with van der Waals surface area (Å²) >= 11 is 1.14. The quantitative estimate of drug-likeness (QED) is 0.579. The first-order valence-electron chi connectivity index (χ1n) is 3.77. The fourth-order valence-corrected chi connectivity index (χ4v) is 2.36. The SMILES string of the molecule is Cn1c2c(sc1=O)C(O)CNC2. The molecule has 0 fully saturated rings. The molecular formula is C7H10N2O2S. The van der Waals surface area contributed by atoms with Gasteiger partial charge in [0.05, 0.1) is 10.6 Å². The predicted octanol–water partition coefficient (Wildman–Crippen LogP) is -0.417. The van der Waals surface area contributed by atoms with Crippen LogP contribution < -0.4 is 10.2 Å². The Balaban J connectivity index is 2.60. The molecule has 0 radical (unpaired) electrons. The Kier molecular flexibility index (Phi) is 1.79. The van der Waals surface area contributed by atoms with Gasteiger partial charge in [-0.15, -0.1) is 0 Å². The number of thiazole rings is 1. The van der Waals surface area contributed by atoms with Crippen LogP contribution in [-0.2, 0) is 13.6 Å². The standard InChI is InChI=1S/C7H10N2O2S/c1-9-4-2-8-3-5(10)6(4)12-7(9)11/h5,8,10H,2-3H2,1H3. The van der Waals surface area contributed by atoms with Crippen molar-refractivity contribution in [3.8, 4) is 0 Å². The third-order valence-corrected chi connectivity index (χ3v) is 3.27. The second-order valence-corrected chi connectivity index (χ2v) is 3.88. The Morgan fingerprint density at radius 2 is 2.50 bits per heavy atom. The van der Waals surface area contributed by atoms with Gasteiger partial charge in [-0.25, -0.2) is 0 Å². The minimum atomic E-state index is -0.507. The van der Waals surface area contributed by atoms with Crippen molar-refractivity contribution in [3.05, 3.63) is 20.2 Å². The Hall–Kier alpha value is -0.650. The fourth-order valence-electron chi connectivity index (χ4n) is 1.38. The topological polar surface area (TPSA) is 54.3 Å². The molecule has 0 saturated carbocycles. The molecule has 2 N–H and O–H groups in total. The minimum Gasteiger partial charge on any atom is -0.386 e. The fraction of sp³-hybridized carbons (Fsp3) is 0.571. The highest BCUT2D eigenvalue weighted by Gasteiger charge is 2.22. The van der Waals surface area contributed by atoms with Crippen LogP contribution in [0.1, 0.15) is 16.7 Å². The van der Waals surface area contributed by atoms with Crippen LogP contribution in [0.4, 0.5) is 0 Å². The molecule has 0 spiro atoms. The van der Waals surface area contributed by atoms with Gasteiger partial charge < -0.3 is 15.0 Å². The van der Waals surface area contributed by atoms with Crippen molar-refractivity contribution < 1.29 is 5.11 Å².